The van der Waals surface area contributed by atoms with E-state index < -0.39 is 6.10 Å². The Hall–Kier alpha value is -0.450. The van der Waals surface area contributed by atoms with E-state index in [0.717, 1.165) is 12.1 Å². The minimum Gasteiger partial charge on any atom is -0.386 e. The first-order chi connectivity index (χ1) is 7.32. The van der Waals surface area contributed by atoms with Gasteiger partial charge >= 0.3 is 0 Å². The third-order valence-corrected chi connectivity index (χ3v) is 3.88. The van der Waals surface area contributed by atoms with E-state index in [1.807, 2.05) is 19.2 Å². The fourth-order valence-electron chi connectivity index (χ4n) is 2.67. The molecular formula is C12H19NO2S. The maximum Gasteiger partial charge on any atom is 0.102 e. The van der Waals surface area contributed by atoms with E-state index in [9.17, 15) is 5.11 Å². The monoisotopic (exact) mass is 241 g/mol. The summed E-state index contributed by atoms with van der Waals surface area (Å²) >= 11 is 1.51. The minimum atomic E-state index is -0.525. The number of aliphatic hydroxyl groups is 1. The van der Waals surface area contributed by atoms with Crippen LogP contribution in [0.15, 0.2) is 10.9 Å². The van der Waals surface area contributed by atoms with Crippen molar-refractivity contribution in [1.29, 1.82) is 0 Å². The number of aromatic nitrogens is 1. The third kappa shape index (κ3) is 2.14. The van der Waals surface area contributed by atoms with Gasteiger partial charge in [-0.2, -0.15) is 0 Å². The number of aliphatic hydroxyl groups excluding tert-OH is 1. The normalized spacial score (nSPS) is 29.2. The van der Waals surface area contributed by atoms with Gasteiger partial charge in [0.15, 0.2) is 0 Å². The van der Waals surface area contributed by atoms with Gasteiger partial charge in [-0.25, -0.2) is 4.98 Å². The summed E-state index contributed by atoms with van der Waals surface area (Å²) in [6.45, 7) is 8.23. The highest BCUT2D eigenvalue weighted by molar-refractivity contribution is 7.07. The quantitative estimate of drug-likeness (QED) is 0.865. The first-order valence-corrected chi connectivity index (χ1v) is 6.52. The van der Waals surface area contributed by atoms with Gasteiger partial charge in [0.25, 0.3) is 0 Å². The van der Waals surface area contributed by atoms with Crippen molar-refractivity contribution in [2.24, 2.45) is 5.92 Å². The van der Waals surface area contributed by atoms with Gasteiger partial charge in [0.05, 0.1) is 22.4 Å². The van der Waals surface area contributed by atoms with E-state index in [1.165, 1.54) is 11.3 Å². The SMILES string of the molecule is CC1(C)CC(C(O)c2cscn2)C(C)(C)O1. The molecule has 1 aliphatic rings. The maximum absolute atomic E-state index is 10.3. The van der Waals surface area contributed by atoms with Crippen molar-refractivity contribution < 1.29 is 9.84 Å². The molecule has 0 bridgehead atoms. The molecule has 16 heavy (non-hydrogen) atoms. The molecule has 2 heterocycles. The Morgan fingerprint density at radius 1 is 1.50 bits per heavy atom. The summed E-state index contributed by atoms with van der Waals surface area (Å²) < 4.78 is 5.98. The van der Waals surface area contributed by atoms with Crippen LogP contribution >= 0.6 is 11.3 Å². The molecule has 2 unspecified atom stereocenters. The predicted molar refractivity (Wildman–Crippen MR) is 64.4 cm³/mol. The van der Waals surface area contributed by atoms with Crippen LogP contribution in [0.25, 0.3) is 0 Å². The summed E-state index contributed by atoms with van der Waals surface area (Å²) in [5, 5.41) is 12.2. The molecule has 1 aliphatic heterocycles. The zero-order valence-electron chi connectivity index (χ0n) is 10.2. The Morgan fingerprint density at radius 3 is 2.62 bits per heavy atom. The number of thiazole rings is 1. The standard InChI is InChI=1S/C12H19NO2S/c1-11(2)5-8(12(3,4)15-11)10(14)9-6-16-7-13-9/h6-8,10,14H,5H2,1-4H3. The van der Waals surface area contributed by atoms with E-state index in [0.29, 0.717) is 0 Å². The Morgan fingerprint density at radius 2 is 2.19 bits per heavy atom. The maximum atomic E-state index is 10.3. The van der Waals surface area contributed by atoms with Crippen LogP contribution in [0.5, 0.6) is 0 Å². The number of rotatable bonds is 2. The lowest BCUT2D eigenvalue weighted by molar-refractivity contribution is -0.0883. The molecule has 3 nitrogen and oxygen atoms in total. The molecule has 0 aromatic carbocycles. The molecule has 90 valence electrons. The molecule has 0 amide bonds. The van der Waals surface area contributed by atoms with Crippen LogP contribution < -0.4 is 0 Å². The Bertz CT molecular complexity index is 359. The van der Waals surface area contributed by atoms with E-state index in [2.05, 4.69) is 18.8 Å². The highest BCUT2D eigenvalue weighted by atomic mass is 32.1. The molecule has 0 spiro atoms. The van der Waals surface area contributed by atoms with Crippen molar-refractivity contribution in [3.63, 3.8) is 0 Å². The summed E-state index contributed by atoms with van der Waals surface area (Å²) in [6.07, 6.45) is 0.335. The molecule has 1 N–H and O–H groups in total. The summed E-state index contributed by atoms with van der Waals surface area (Å²) in [6, 6.07) is 0. The van der Waals surface area contributed by atoms with Crippen LogP contribution in [0.4, 0.5) is 0 Å². The Kier molecular flexibility index (Phi) is 2.85. The summed E-state index contributed by atoms with van der Waals surface area (Å²) in [5.41, 5.74) is 2.06. The fourth-order valence-corrected chi connectivity index (χ4v) is 3.25. The van der Waals surface area contributed by atoms with Gasteiger partial charge in [0.1, 0.15) is 6.10 Å². The first kappa shape index (κ1) is 12.0. The highest BCUT2D eigenvalue weighted by Crippen LogP contribution is 2.47. The van der Waals surface area contributed by atoms with Crippen molar-refractivity contribution in [2.75, 3.05) is 0 Å². The van der Waals surface area contributed by atoms with Crippen molar-refractivity contribution in [2.45, 2.75) is 51.4 Å². The van der Waals surface area contributed by atoms with Crippen molar-refractivity contribution >= 4 is 11.3 Å². The van der Waals surface area contributed by atoms with Crippen LogP contribution in [-0.4, -0.2) is 21.3 Å². The molecule has 4 heteroatoms. The van der Waals surface area contributed by atoms with Crippen LogP contribution in [0.1, 0.15) is 45.9 Å². The second-order valence-electron chi connectivity index (χ2n) is 5.63. The van der Waals surface area contributed by atoms with Crippen molar-refractivity contribution in [3.8, 4) is 0 Å². The smallest absolute Gasteiger partial charge is 0.102 e. The molecule has 2 atom stereocenters. The van der Waals surface area contributed by atoms with Gasteiger partial charge in [-0.05, 0) is 34.1 Å². The van der Waals surface area contributed by atoms with Gasteiger partial charge in [-0.3, -0.25) is 0 Å². The molecule has 0 radical (unpaired) electrons. The number of nitrogens with zero attached hydrogens (tertiary/aromatic N) is 1. The largest absolute Gasteiger partial charge is 0.386 e. The van der Waals surface area contributed by atoms with Gasteiger partial charge in [-0.1, -0.05) is 0 Å². The lowest BCUT2D eigenvalue weighted by Gasteiger charge is -2.29. The lowest BCUT2D eigenvalue weighted by Crippen LogP contribution is -2.32. The summed E-state index contributed by atoms with van der Waals surface area (Å²) in [5.74, 6) is 0.101. The molecule has 0 aliphatic carbocycles. The first-order valence-electron chi connectivity index (χ1n) is 5.58. The van der Waals surface area contributed by atoms with E-state index >= 15 is 0 Å². The van der Waals surface area contributed by atoms with Crippen LogP contribution in [-0.2, 0) is 4.74 Å². The average Bonchev–Trinajstić information content (AvgIpc) is 2.69. The second kappa shape index (κ2) is 3.79. The highest BCUT2D eigenvalue weighted by Gasteiger charge is 2.49. The topological polar surface area (TPSA) is 42.4 Å². The average molecular weight is 241 g/mol. The summed E-state index contributed by atoms with van der Waals surface area (Å²) in [7, 11) is 0. The number of ether oxygens (including phenoxy) is 1. The number of hydrogen-bond acceptors (Lipinski definition) is 4. The van der Waals surface area contributed by atoms with Gasteiger partial charge < -0.3 is 9.84 Å². The molecule has 0 saturated carbocycles. The van der Waals surface area contributed by atoms with E-state index in [4.69, 9.17) is 4.74 Å². The number of hydrogen-bond donors (Lipinski definition) is 1. The molecule has 1 aromatic heterocycles. The zero-order chi connectivity index (χ0) is 12.0. The molecule has 1 aromatic rings. The molecule has 2 rings (SSSR count). The van der Waals surface area contributed by atoms with Gasteiger partial charge in [0.2, 0.25) is 0 Å². The molecular weight excluding hydrogens is 222 g/mol. The van der Waals surface area contributed by atoms with E-state index in [-0.39, 0.29) is 17.1 Å². The zero-order valence-corrected chi connectivity index (χ0v) is 11.0. The van der Waals surface area contributed by atoms with Crippen LogP contribution in [0.2, 0.25) is 0 Å². The summed E-state index contributed by atoms with van der Waals surface area (Å²) in [4.78, 5) is 4.19. The van der Waals surface area contributed by atoms with Crippen molar-refractivity contribution in [1.82, 2.24) is 4.98 Å². The lowest BCUT2D eigenvalue weighted by atomic mass is 9.82. The van der Waals surface area contributed by atoms with Crippen LogP contribution in [0, 0.1) is 5.92 Å². The Balaban J connectivity index is 2.22. The third-order valence-electron chi connectivity index (χ3n) is 3.28. The second-order valence-corrected chi connectivity index (χ2v) is 6.35. The predicted octanol–water partition coefficient (Wildman–Crippen LogP) is 2.77. The molecule has 1 fully saturated rings. The fraction of sp³-hybridized carbons (Fsp3) is 0.750. The minimum absolute atomic E-state index is 0.101. The molecule has 1 saturated heterocycles. The van der Waals surface area contributed by atoms with Crippen LogP contribution in [0.3, 0.4) is 0 Å². The van der Waals surface area contributed by atoms with Gasteiger partial charge in [0, 0.05) is 11.3 Å². The van der Waals surface area contributed by atoms with E-state index in [1.54, 1.807) is 5.51 Å². The van der Waals surface area contributed by atoms with Gasteiger partial charge in [-0.15, -0.1) is 11.3 Å². The van der Waals surface area contributed by atoms with Crippen molar-refractivity contribution in [3.05, 3.63) is 16.6 Å². The Labute approximate surface area is 100 Å².